The van der Waals surface area contributed by atoms with E-state index >= 15 is 0 Å². The van der Waals surface area contributed by atoms with E-state index in [-0.39, 0.29) is 0 Å². The number of carbonyl (C=O) groups excluding carboxylic acids is 2. The van der Waals surface area contributed by atoms with E-state index < -0.39 is 23.3 Å². The van der Waals surface area contributed by atoms with Crippen molar-refractivity contribution in [3.63, 3.8) is 0 Å². The lowest BCUT2D eigenvalue weighted by molar-refractivity contribution is -0.266. The van der Waals surface area contributed by atoms with Crippen LogP contribution in [0.25, 0.3) is 0 Å². The SMILES string of the molecule is CCCCC(C(=O)OOC(=O)C(C)(C)C)c1ccccc1. The van der Waals surface area contributed by atoms with Gasteiger partial charge in [-0.3, -0.25) is 0 Å². The molecule has 116 valence electrons. The molecule has 0 radical (unpaired) electrons. The normalized spacial score (nSPS) is 12.6. The van der Waals surface area contributed by atoms with Gasteiger partial charge in [0.15, 0.2) is 0 Å². The second-order valence-electron chi connectivity index (χ2n) is 6.13. The van der Waals surface area contributed by atoms with Gasteiger partial charge in [-0.05, 0) is 32.8 Å². The van der Waals surface area contributed by atoms with Crippen LogP contribution in [0, 0.1) is 5.41 Å². The van der Waals surface area contributed by atoms with Crippen molar-refractivity contribution in [2.24, 2.45) is 5.41 Å². The first kappa shape index (κ1) is 17.2. The molecule has 0 spiro atoms. The molecule has 0 aliphatic carbocycles. The molecule has 0 heterocycles. The average Bonchev–Trinajstić information content (AvgIpc) is 2.45. The zero-order chi connectivity index (χ0) is 15.9. The molecule has 0 aromatic heterocycles. The Kier molecular flexibility index (Phi) is 6.40. The van der Waals surface area contributed by atoms with Gasteiger partial charge in [0.05, 0.1) is 11.3 Å². The Labute approximate surface area is 126 Å². The second kappa shape index (κ2) is 7.81. The van der Waals surface area contributed by atoms with Crippen molar-refractivity contribution in [3.8, 4) is 0 Å². The van der Waals surface area contributed by atoms with E-state index in [0.29, 0.717) is 6.42 Å². The van der Waals surface area contributed by atoms with Crippen molar-refractivity contribution in [2.45, 2.75) is 52.9 Å². The highest BCUT2D eigenvalue weighted by Gasteiger charge is 2.28. The lowest BCUT2D eigenvalue weighted by atomic mass is 9.94. The fourth-order valence-electron chi connectivity index (χ4n) is 1.78. The smallest absolute Gasteiger partial charge is 0.247 e. The van der Waals surface area contributed by atoms with E-state index in [1.54, 1.807) is 20.8 Å². The van der Waals surface area contributed by atoms with Crippen LogP contribution in [0.2, 0.25) is 0 Å². The first-order valence-electron chi connectivity index (χ1n) is 7.34. The zero-order valence-electron chi connectivity index (χ0n) is 13.2. The van der Waals surface area contributed by atoms with Gasteiger partial charge in [-0.1, -0.05) is 50.1 Å². The van der Waals surface area contributed by atoms with Crippen LogP contribution >= 0.6 is 0 Å². The minimum Gasteiger partial charge on any atom is -0.247 e. The number of carbonyl (C=O) groups is 2. The highest BCUT2D eigenvalue weighted by atomic mass is 17.2. The van der Waals surface area contributed by atoms with Gasteiger partial charge < -0.3 is 0 Å². The zero-order valence-corrected chi connectivity index (χ0v) is 13.2. The van der Waals surface area contributed by atoms with E-state index in [1.807, 2.05) is 30.3 Å². The van der Waals surface area contributed by atoms with Crippen molar-refractivity contribution in [1.82, 2.24) is 0 Å². The summed E-state index contributed by atoms with van der Waals surface area (Å²) in [6.45, 7) is 7.17. The molecule has 1 atom stereocenters. The molecule has 1 rings (SSSR count). The number of benzene rings is 1. The summed E-state index contributed by atoms with van der Waals surface area (Å²) in [6.07, 6.45) is 2.56. The van der Waals surface area contributed by atoms with Crippen molar-refractivity contribution >= 4 is 11.9 Å². The maximum atomic E-state index is 12.2. The molecule has 0 saturated heterocycles. The second-order valence-corrected chi connectivity index (χ2v) is 6.13. The van der Waals surface area contributed by atoms with E-state index in [4.69, 9.17) is 4.89 Å². The predicted molar refractivity (Wildman–Crippen MR) is 80.3 cm³/mol. The highest BCUT2D eigenvalue weighted by molar-refractivity contribution is 5.80. The predicted octanol–water partition coefficient (Wildman–Crippen LogP) is 4.01. The van der Waals surface area contributed by atoms with Gasteiger partial charge in [0.25, 0.3) is 0 Å². The molecule has 0 fully saturated rings. The summed E-state index contributed by atoms with van der Waals surface area (Å²) in [5.41, 5.74) is 0.175. The summed E-state index contributed by atoms with van der Waals surface area (Å²) in [5.74, 6) is -1.48. The molecule has 0 saturated carbocycles. The summed E-state index contributed by atoms with van der Waals surface area (Å²) in [4.78, 5) is 33.2. The number of hydrogen-bond donors (Lipinski definition) is 0. The van der Waals surface area contributed by atoms with Crippen LogP contribution in [0.3, 0.4) is 0 Å². The maximum absolute atomic E-state index is 12.2. The molecular weight excluding hydrogens is 268 g/mol. The van der Waals surface area contributed by atoms with Crippen molar-refractivity contribution in [1.29, 1.82) is 0 Å². The summed E-state index contributed by atoms with van der Waals surface area (Å²) in [6, 6.07) is 9.41. The standard InChI is InChI=1S/C17H24O4/c1-5-6-12-14(13-10-8-7-9-11-13)15(18)20-21-16(19)17(2,3)4/h7-11,14H,5-6,12H2,1-4H3. The number of hydrogen-bond acceptors (Lipinski definition) is 4. The summed E-state index contributed by atoms with van der Waals surface area (Å²) < 4.78 is 0. The average molecular weight is 292 g/mol. The largest absolute Gasteiger partial charge is 0.362 e. The van der Waals surface area contributed by atoms with Crippen LogP contribution in [0.1, 0.15) is 58.4 Å². The Balaban J connectivity index is 2.71. The summed E-state index contributed by atoms with van der Waals surface area (Å²) >= 11 is 0. The third-order valence-corrected chi connectivity index (χ3v) is 3.14. The molecule has 0 aliphatic rings. The van der Waals surface area contributed by atoms with E-state index in [1.165, 1.54) is 0 Å². The Bertz CT molecular complexity index is 459. The van der Waals surface area contributed by atoms with Crippen LogP contribution in [0.5, 0.6) is 0 Å². The van der Waals surface area contributed by atoms with Gasteiger partial charge in [0, 0.05) is 0 Å². The third-order valence-electron chi connectivity index (χ3n) is 3.14. The molecule has 1 unspecified atom stereocenters. The molecule has 4 heteroatoms. The van der Waals surface area contributed by atoms with Crippen LogP contribution < -0.4 is 0 Å². The van der Waals surface area contributed by atoms with Crippen molar-refractivity contribution in [3.05, 3.63) is 35.9 Å². The van der Waals surface area contributed by atoms with E-state index in [0.717, 1.165) is 18.4 Å². The van der Waals surface area contributed by atoms with Gasteiger partial charge >= 0.3 is 11.9 Å². The molecule has 21 heavy (non-hydrogen) atoms. The van der Waals surface area contributed by atoms with E-state index in [9.17, 15) is 9.59 Å². The van der Waals surface area contributed by atoms with Gasteiger partial charge in [0.2, 0.25) is 0 Å². The first-order chi connectivity index (χ1) is 9.86. The fourth-order valence-corrected chi connectivity index (χ4v) is 1.78. The minimum atomic E-state index is -0.702. The van der Waals surface area contributed by atoms with Crippen LogP contribution in [-0.2, 0) is 19.4 Å². The third kappa shape index (κ3) is 5.58. The molecular formula is C17H24O4. The van der Waals surface area contributed by atoms with Crippen LogP contribution in [0.4, 0.5) is 0 Å². The molecule has 0 aliphatic heterocycles. The molecule has 0 N–H and O–H groups in total. The Morgan fingerprint density at radius 1 is 1.10 bits per heavy atom. The summed E-state index contributed by atoms with van der Waals surface area (Å²) in [5, 5.41) is 0. The number of unbranched alkanes of at least 4 members (excludes halogenated alkanes) is 1. The Morgan fingerprint density at radius 3 is 2.24 bits per heavy atom. The van der Waals surface area contributed by atoms with Crippen molar-refractivity contribution in [2.75, 3.05) is 0 Å². The van der Waals surface area contributed by atoms with Crippen LogP contribution in [0.15, 0.2) is 30.3 Å². The van der Waals surface area contributed by atoms with Gasteiger partial charge in [-0.15, -0.1) is 0 Å². The monoisotopic (exact) mass is 292 g/mol. The quantitative estimate of drug-likeness (QED) is 0.608. The first-order valence-corrected chi connectivity index (χ1v) is 7.34. The minimum absolute atomic E-state index is 0.404. The molecule has 0 bridgehead atoms. The van der Waals surface area contributed by atoms with Gasteiger partial charge in [0.1, 0.15) is 0 Å². The maximum Gasteiger partial charge on any atom is 0.362 e. The fraction of sp³-hybridized carbons (Fsp3) is 0.529. The number of rotatable bonds is 5. The van der Waals surface area contributed by atoms with Crippen molar-refractivity contribution < 1.29 is 19.4 Å². The Morgan fingerprint density at radius 2 is 1.71 bits per heavy atom. The van der Waals surface area contributed by atoms with Gasteiger partial charge in [-0.2, -0.15) is 0 Å². The molecule has 1 aromatic rings. The molecule has 4 nitrogen and oxygen atoms in total. The van der Waals surface area contributed by atoms with E-state index in [2.05, 4.69) is 11.8 Å². The van der Waals surface area contributed by atoms with Crippen LogP contribution in [-0.4, -0.2) is 11.9 Å². The lowest BCUT2D eigenvalue weighted by Gasteiger charge is -2.17. The Hall–Kier alpha value is -1.84. The summed E-state index contributed by atoms with van der Waals surface area (Å²) in [7, 11) is 0. The van der Waals surface area contributed by atoms with Gasteiger partial charge in [-0.25, -0.2) is 19.4 Å². The lowest BCUT2D eigenvalue weighted by Crippen LogP contribution is -2.26. The molecule has 1 aromatic carbocycles. The highest BCUT2D eigenvalue weighted by Crippen LogP contribution is 2.24. The topological polar surface area (TPSA) is 52.6 Å². The molecule has 0 amide bonds.